The molecule has 4 nitrogen and oxygen atoms in total. The highest BCUT2D eigenvalue weighted by molar-refractivity contribution is 8.01. The van der Waals surface area contributed by atoms with E-state index in [1.165, 1.54) is 0 Å². The summed E-state index contributed by atoms with van der Waals surface area (Å²) < 4.78 is 7.79. The normalized spacial score (nSPS) is 13.6. The van der Waals surface area contributed by atoms with Gasteiger partial charge in [0.1, 0.15) is 11.2 Å². The summed E-state index contributed by atoms with van der Waals surface area (Å²) in [6.07, 6.45) is 5.86. The Hall–Kier alpha value is -3.09. The Kier molecular flexibility index (Phi) is 7.44. The average Bonchev–Trinajstić information content (AvgIpc) is 3.44. The number of nitrogens with zero attached hydrogens (tertiary/aromatic N) is 1. The SMILES string of the molecule is CCCNC(=O)C1(C/C=C\CSc2nc3ccc(OCC)cc3s2)c2ccccc2-c2ccccc21. The van der Waals surface area contributed by atoms with Crippen LogP contribution in [0.2, 0.25) is 0 Å². The van der Waals surface area contributed by atoms with Gasteiger partial charge < -0.3 is 10.1 Å². The standard InChI is InChI=1S/C30H30N2O2S2/c1-3-18-31-28(33)30(24-13-7-5-11-22(24)23-12-6-8-14-25(23)30)17-9-10-19-35-29-32-26-16-15-21(34-4-2)20-27(26)36-29/h5-16,20H,3-4,17-19H2,1-2H3,(H,31,33)/b10-9-. The first kappa shape index (κ1) is 24.6. The van der Waals surface area contributed by atoms with Crippen LogP contribution in [0.15, 0.2) is 83.2 Å². The quantitative estimate of drug-likeness (QED) is 0.179. The largest absolute Gasteiger partial charge is 0.494 e. The van der Waals surface area contributed by atoms with Crippen molar-refractivity contribution >= 4 is 39.2 Å². The van der Waals surface area contributed by atoms with Crippen LogP contribution in [-0.2, 0) is 10.2 Å². The number of thioether (sulfide) groups is 1. The number of carbonyl (C=O) groups is 1. The lowest BCUT2D eigenvalue weighted by Gasteiger charge is -2.29. The van der Waals surface area contributed by atoms with Crippen molar-refractivity contribution in [3.05, 3.63) is 90.0 Å². The van der Waals surface area contributed by atoms with Gasteiger partial charge in [0.05, 0.1) is 16.8 Å². The van der Waals surface area contributed by atoms with Gasteiger partial charge >= 0.3 is 0 Å². The summed E-state index contributed by atoms with van der Waals surface area (Å²) >= 11 is 3.41. The first-order valence-corrected chi connectivity index (χ1v) is 14.3. The first-order chi connectivity index (χ1) is 17.7. The van der Waals surface area contributed by atoms with E-state index in [1.807, 2.05) is 31.2 Å². The van der Waals surface area contributed by atoms with Crippen molar-refractivity contribution in [3.8, 4) is 16.9 Å². The van der Waals surface area contributed by atoms with E-state index in [9.17, 15) is 4.79 Å². The van der Waals surface area contributed by atoms with Crippen LogP contribution >= 0.6 is 23.1 Å². The second-order valence-electron chi connectivity index (χ2n) is 8.78. The molecule has 1 aliphatic carbocycles. The van der Waals surface area contributed by atoms with Crippen molar-refractivity contribution in [2.24, 2.45) is 0 Å². The van der Waals surface area contributed by atoms with Gasteiger partial charge in [-0.05, 0) is 60.2 Å². The number of nitrogens with one attached hydrogen (secondary N) is 1. The number of ether oxygens (including phenoxy) is 1. The third-order valence-corrected chi connectivity index (χ3v) is 8.65. The molecule has 0 spiro atoms. The lowest BCUT2D eigenvalue weighted by Crippen LogP contribution is -2.44. The summed E-state index contributed by atoms with van der Waals surface area (Å²) in [7, 11) is 0. The predicted molar refractivity (Wildman–Crippen MR) is 151 cm³/mol. The van der Waals surface area contributed by atoms with Crippen LogP contribution in [0.1, 0.15) is 37.8 Å². The Bertz CT molecular complexity index is 1360. The molecule has 36 heavy (non-hydrogen) atoms. The highest BCUT2D eigenvalue weighted by Gasteiger charge is 2.47. The Morgan fingerprint density at radius 2 is 1.75 bits per heavy atom. The lowest BCUT2D eigenvalue weighted by molar-refractivity contribution is -0.125. The Morgan fingerprint density at radius 1 is 1.03 bits per heavy atom. The van der Waals surface area contributed by atoms with Gasteiger partial charge in [-0.1, -0.05) is 79.4 Å². The molecule has 3 aromatic carbocycles. The number of benzene rings is 3. The molecule has 1 aliphatic rings. The average molecular weight is 515 g/mol. The first-order valence-electron chi connectivity index (χ1n) is 12.5. The van der Waals surface area contributed by atoms with Gasteiger partial charge in [0, 0.05) is 12.3 Å². The summed E-state index contributed by atoms with van der Waals surface area (Å²) in [6.45, 7) is 5.40. The van der Waals surface area contributed by atoms with Crippen molar-refractivity contribution in [1.82, 2.24) is 10.3 Å². The van der Waals surface area contributed by atoms with E-state index in [4.69, 9.17) is 9.72 Å². The molecule has 1 aromatic heterocycles. The molecular formula is C30H30N2O2S2. The summed E-state index contributed by atoms with van der Waals surface area (Å²) in [4.78, 5) is 18.5. The number of fused-ring (bicyclic) bond motifs is 4. The Balaban J connectivity index is 1.36. The molecule has 0 unspecified atom stereocenters. The monoisotopic (exact) mass is 514 g/mol. The smallest absolute Gasteiger partial charge is 0.235 e. The number of thiazole rings is 1. The van der Waals surface area contributed by atoms with E-state index in [0.29, 0.717) is 19.6 Å². The van der Waals surface area contributed by atoms with Crippen molar-refractivity contribution in [3.63, 3.8) is 0 Å². The fourth-order valence-electron chi connectivity index (χ4n) is 4.92. The summed E-state index contributed by atoms with van der Waals surface area (Å²) in [5.74, 6) is 1.76. The maximum absolute atomic E-state index is 13.7. The zero-order chi connectivity index (χ0) is 25.0. The summed E-state index contributed by atoms with van der Waals surface area (Å²) in [5.41, 5.74) is 4.78. The molecule has 1 amide bonds. The third-order valence-electron chi connectivity index (χ3n) is 6.53. The minimum Gasteiger partial charge on any atom is -0.494 e. The number of amides is 1. The van der Waals surface area contributed by atoms with Crippen LogP contribution in [0.4, 0.5) is 0 Å². The number of hydrogen-bond donors (Lipinski definition) is 1. The van der Waals surface area contributed by atoms with E-state index in [0.717, 1.165) is 54.7 Å². The van der Waals surface area contributed by atoms with Crippen LogP contribution < -0.4 is 10.1 Å². The number of allylic oxidation sites excluding steroid dienone is 1. The molecule has 1 heterocycles. The van der Waals surface area contributed by atoms with Crippen molar-refractivity contribution in [2.75, 3.05) is 18.9 Å². The Labute approximate surface area is 220 Å². The van der Waals surface area contributed by atoms with Crippen molar-refractivity contribution < 1.29 is 9.53 Å². The van der Waals surface area contributed by atoms with Crippen LogP contribution in [-0.4, -0.2) is 29.8 Å². The fourth-order valence-corrected chi connectivity index (χ4v) is 6.89. The molecule has 0 saturated carbocycles. The Morgan fingerprint density at radius 3 is 2.44 bits per heavy atom. The molecule has 0 atom stereocenters. The molecule has 4 aromatic rings. The van der Waals surface area contributed by atoms with Gasteiger partial charge in [-0.2, -0.15) is 0 Å². The van der Waals surface area contributed by atoms with Crippen LogP contribution in [0.3, 0.4) is 0 Å². The molecule has 0 aliphatic heterocycles. The van der Waals surface area contributed by atoms with Gasteiger partial charge in [-0.25, -0.2) is 4.98 Å². The van der Waals surface area contributed by atoms with E-state index in [2.05, 4.69) is 66.9 Å². The van der Waals surface area contributed by atoms with E-state index < -0.39 is 5.41 Å². The summed E-state index contributed by atoms with van der Waals surface area (Å²) in [5, 5.41) is 3.20. The molecule has 0 radical (unpaired) electrons. The minimum atomic E-state index is -0.713. The molecule has 1 N–H and O–H groups in total. The number of rotatable bonds is 10. The van der Waals surface area contributed by atoms with Crippen molar-refractivity contribution in [1.29, 1.82) is 0 Å². The molecule has 5 rings (SSSR count). The van der Waals surface area contributed by atoms with Gasteiger partial charge in [0.2, 0.25) is 5.91 Å². The maximum Gasteiger partial charge on any atom is 0.235 e. The number of hydrogen-bond acceptors (Lipinski definition) is 5. The second kappa shape index (κ2) is 10.9. The minimum absolute atomic E-state index is 0.0790. The second-order valence-corrected chi connectivity index (χ2v) is 11.1. The molecule has 184 valence electrons. The third kappa shape index (κ3) is 4.56. The van der Waals surface area contributed by atoms with Crippen LogP contribution in [0, 0.1) is 0 Å². The van der Waals surface area contributed by atoms with Crippen LogP contribution in [0.25, 0.3) is 21.3 Å². The van der Waals surface area contributed by atoms with Gasteiger partial charge in [-0.15, -0.1) is 11.3 Å². The zero-order valence-corrected chi connectivity index (χ0v) is 22.3. The maximum atomic E-state index is 13.7. The highest BCUT2D eigenvalue weighted by atomic mass is 32.2. The molecule has 0 saturated heterocycles. The van der Waals surface area contributed by atoms with E-state index >= 15 is 0 Å². The van der Waals surface area contributed by atoms with Crippen molar-refractivity contribution in [2.45, 2.75) is 36.4 Å². The molecule has 0 bridgehead atoms. The van der Waals surface area contributed by atoms with E-state index in [1.54, 1.807) is 23.1 Å². The number of aromatic nitrogens is 1. The van der Waals surface area contributed by atoms with Crippen LogP contribution in [0.5, 0.6) is 5.75 Å². The van der Waals surface area contributed by atoms with Gasteiger partial charge in [0.15, 0.2) is 4.34 Å². The number of carbonyl (C=O) groups excluding carboxylic acids is 1. The topological polar surface area (TPSA) is 51.2 Å². The van der Waals surface area contributed by atoms with E-state index in [-0.39, 0.29) is 5.91 Å². The van der Waals surface area contributed by atoms with Gasteiger partial charge in [-0.3, -0.25) is 4.79 Å². The highest BCUT2D eigenvalue weighted by Crippen LogP contribution is 2.51. The molecule has 6 heteroatoms. The fraction of sp³-hybridized carbons (Fsp3) is 0.267. The lowest BCUT2D eigenvalue weighted by atomic mass is 9.74. The van der Waals surface area contributed by atoms with Gasteiger partial charge in [0.25, 0.3) is 0 Å². The molecular weight excluding hydrogens is 484 g/mol. The molecule has 0 fully saturated rings. The zero-order valence-electron chi connectivity index (χ0n) is 20.6. The summed E-state index contributed by atoms with van der Waals surface area (Å²) in [6, 6.07) is 22.7. The predicted octanol–water partition coefficient (Wildman–Crippen LogP) is 7.23.